The predicted molar refractivity (Wildman–Crippen MR) is 90.6 cm³/mol. The van der Waals surface area contributed by atoms with E-state index in [4.69, 9.17) is 9.47 Å². The lowest BCUT2D eigenvalue weighted by atomic mass is 10.0. The molecule has 0 aliphatic heterocycles. The molecule has 1 aromatic carbocycles. The lowest BCUT2D eigenvalue weighted by Gasteiger charge is -2.12. The van der Waals surface area contributed by atoms with Crippen LogP contribution in [0.3, 0.4) is 0 Å². The average molecular weight is 321 g/mol. The fourth-order valence-corrected chi connectivity index (χ4v) is 2.50. The van der Waals surface area contributed by atoms with Gasteiger partial charge in [0.25, 0.3) is 5.56 Å². The van der Waals surface area contributed by atoms with Gasteiger partial charge in [0.1, 0.15) is 11.3 Å². The van der Waals surface area contributed by atoms with Gasteiger partial charge in [0, 0.05) is 23.0 Å². The lowest BCUT2D eigenvalue weighted by Crippen LogP contribution is -2.27. The maximum Gasteiger partial charge on any atom is 0.344 e. The summed E-state index contributed by atoms with van der Waals surface area (Å²) >= 11 is 0. The van der Waals surface area contributed by atoms with Crippen LogP contribution in [0.1, 0.15) is 15.9 Å². The van der Waals surface area contributed by atoms with Crippen molar-refractivity contribution in [2.24, 2.45) is 0 Å². The van der Waals surface area contributed by atoms with E-state index < -0.39 is 11.5 Å². The maximum atomic E-state index is 12.9. The molecule has 0 amide bonds. The van der Waals surface area contributed by atoms with Gasteiger partial charge in [-0.15, -0.1) is 5.73 Å². The van der Waals surface area contributed by atoms with E-state index in [1.54, 1.807) is 61.9 Å². The van der Waals surface area contributed by atoms with Gasteiger partial charge < -0.3 is 9.47 Å². The number of aromatic nitrogens is 1. The topological polar surface area (TPSA) is 57.5 Å². The van der Waals surface area contributed by atoms with Crippen LogP contribution in [0, 0.1) is 0 Å². The predicted octanol–water partition coefficient (Wildman–Crippen LogP) is 2.74. The highest BCUT2D eigenvalue weighted by Crippen LogP contribution is 2.22. The Kier molecular flexibility index (Phi) is 4.18. The molecule has 0 spiro atoms. The summed E-state index contributed by atoms with van der Waals surface area (Å²) in [6, 6.07) is 8.70. The minimum Gasteiger partial charge on any atom is -0.497 e. The van der Waals surface area contributed by atoms with Crippen molar-refractivity contribution in [2.75, 3.05) is 14.2 Å². The van der Waals surface area contributed by atoms with Gasteiger partial charge in [-0.25, -0.2) is 4.79 Å². The van der Waals surface area contributed by atoms with E-state index in [0.717, 1.165) is 0 Å². The highest BCUT2D eigenvalue weighted by Gasteiger charge is 2.21. The molecule has 120 valence electrons. The normalized spacial score (nSPS) is 12.2. The van der Waals surface area contributed by atoms with Gasteiger partial charge in [-0.3, -0.25) is 9.36 Å². The van der Waals surface area contributed by atoms with E-state index in [1.807, 2.05) is 0 Å². The zero-order valence-corrected chi connectivity index (χ0v) is 13.3. The molecule has 0 saturated heterocycles. The number of nitrogens with zero attached hydrogens (tertiary/aromatic N) is 1. The number of allylic oxidation sites excluding steroid dienone is 3. The molecule has 0 saturated carbocycles. The van der Waals surface area contributed by atoms with E-state index >= 15 is 0 Å². The smallest absolute Gasteiger partial charge is 0.344 e. The van der Waals surface area contributed by atoms with Gasteiger partial charge in [0.2, 0.25) is 0 Å². The molecule has 1 aliphatic carbocycles. The molecule has 0 fully saturated rings. The summed E-state index contributed by atoms with van der Waals surface area (Å²) < 4.78 is 11.3. The minimum atomic E-state index is -0.674. The molecule has 5 nitrogen and oxygen atoms in total. The molecule has 24 heavy (non-hydrogen) atoms. The third-order valence-corrected chi connectivity index (χ3v) is 3.72. The molecule has 5 heteroatoms. The fraction of sp³-hybridized carbons (Fsp3) is 0.105. The molecular weight excluding hydrogens is 306 g/mol. The lowest BCUT2D eigenvalue weighted by molar-refractivity contribution is 0.0598. The third kappa shape index (κ3) is 2.69. The Morgan fingerprint density at radius 1 is 1.12 bits per heavy atom. The molecule has 2 aromatic rings. The van der Waals surface area contributed by atoms with Crippen LogP contribution in [-0.4, -0.2) is 24.8 Å². The molecule has 0 radical (unpaired) electrons. The zero-order chi connectivity index (χ0) is 17.1. The van der Waals surface area contributed by atoms with Crippen LogP contribution in [0.5, 0.6) is 5.75 Å². The van der Waals surface area contributed by atoms with Gasteiger partial charge >= 0.3 is 5.97 Å². The number of carbonyl (C=O) groups is 1. The monoisotopic (exact) mass is 321 g/mol. The number of methoxy groups -OCH3 is 2. The number of hydrogen-bond acceptors (Lipinski definition) is 4. The summed E-state index contributed by atoms with van der Waals surface area (Å²) in [6.07, 6.45) is 6.95. The third-order valence-electron chi connectivity index (χ3n) is 3.72. The largest absolute Gasteiger partial charge is 0.497 e. The summed E-state index contributed by atoms with van der Waals surface area (Å²) in [6.45, 7) is 0. The first kappa shape index (κ1) is 15.6. The Balaban J connectivity index is 2.19. The Hall–Kier alpha value is -3.30. The van der Waals surface area contributed by atoms with E-state index in [-0.39, 0.29) is 5.56 Å². The van der Waals surface area contributed by atoms with Gasteiger partial charge in [-0.1, -0.05) is 6.08 Å². The van der Waals surface area contributed by atoms with Crippen molar-refractivity contribution in [3.63, 3.8) is 0 Å². The number of carbonyl (C=O) groups excluding carboxylic acids is 1. The van der Waals surface area contributed by atoms with E-state index in [0.29, 0.717) is 22.6 Å². The quantitative estimate of drug-likeness (QED) is 0.642. The molecule has 0 unspecified atom stereocenters. The van der Waals surface area contributed by atoms with Crippen LogP contribution in [-0.2, 0) is 4.74 Å². The highest BCUT2D eigenvalue weighted by atomic mass is 16.5. The van der Waals surface area contributed by atoms with Gasteiger partial charge in [0.05, 0.1) is 14.2 Å². The second kappa shape index (κ2) is 6.44. The Labute approximate surface area is 138 Å². The molecule has 0 bridgehead atoms. The number of pyridine rings is 1. The standard InChI is InChI=1S/C19H15NO4/c1-23-15-9-7-14(8-10-15)20-12-11-16(13-5-3-4-6-13)17(18(20)21)19(22)24-2/h3-5,7-12H,1-2H3. The summed E-state index contributed by atoms with van der Waals surface area (Å²) in [5, 5.41) is 0. The van der Waals surface area contributed by atoms with Gasteiger partial charge in [0.15, 0.2) is 0 Å². The second-order valence-corrected chi connectivity index (χ2v) is 5.05. The molecule has 1 aliphatic rings. The van der Waals surface area contributed by atoms with Crippen LogP contribution < -0.4 is 10.3 Å². The zero-order valence-electron chi connectivity index (χ0n) is 13.3. The van der Waals surface area contributed by atoms with Crippen LogP contribution in [0.15, 0.2) is 65.3 Å². The Morgan fingerprint density at radius 3 is 2.46 bits per heavy atom. The number of benzene rings is 1. The van der Waals surface area contributed by atoms with Crippen molar-refractivity contribution in [1.82, 2.24) is 4.57 Å². The summed E-state index contributed by atoms with van der Waals surface area (Å²) in [5.74, 6) is 0.00968. The fourth-order valence-electron chi connectivity index (χ4n) is 2.50. The Morgan fingerprint density at radius 2 is 1.88 bits per heavy atom. The summed E-state index contributed by atoms with van der Waals surface area (Å²) in [4.78, 5) is 25.0. The average Bonchev–Trinajstić information content (AvgIpc) is 3.15. The number of ether oxygens (including phenoxy) is 2. The Bertz CT molecular complexity index is 942. The molecule has 0 atom stereocenters. The molecular formula is C19H15NO4. The van der Waals surface area contributed by atoms with E-state index in [9.17, 15) is 9.59 Å². The SMILES string of the molecule is COC(=O)c1c(C2=C=CC=C2)ccn(-c2ccc(OC)cc2)c1=O. The van der Waals surface area contributed by atoms with Crippen molar-refractivity contribution in [3.05, 3.63) is 82.0 Å². The number of rotatable bonds is 4. The molecule has 1 aromatic heterocycles. The second-order valence-electron chi connectivity index (χ2n) is 5.05. The summed E-state index contributed by atoms with van der Waals surface area (Å²) in [5.41, 5.74) is 4.35. The number of esters is 1. The molecule has 1 heterocycles. The van der Waals surface area contributed by atoms with Crippen molar-refractivity contribution < 1.29 is 14.3 Å². The van der Waals surface area contributed by atoms with Crippen LogP contribution in [0.2, 0.25) is 0 Å². The highest BCUT2D eigenvalue weighted by molar-refractivity contribution is 5.96. The van der Waals surface area contributed by atoms with E-state index in [1.165, 1.54) is 11.7 Å². The van der Waals surface area contributed by atoms with E-state index in [2.05, 4.69) is 5.73 Å². The van der Waals surface area contributed by atoms with Crippen molar-refractivity contribution in [2.45, 2.75) is 0 Å². The minimum absolute atomic E-state index is 0.0155. The molecule has 0 N–H and O–H groups in total. The first-order valence-corrected chi connectivity index (χ1v) is 7.28. The van der Waals surface area contributed by atoms with Crippen molar-refractivity contribution in [3.8, 4) is 11.4 Å². The van der Waals surface area contributed by atoms with Crippen molar-refractivity contribution in [1.29, 1.82) is 0 Å². The van der Waals surface area contributed by atoms with Crippen LogP contribution in [0.25, 0.3) is 11.3 Å². The van der Waals surface area contributed by atoms with Crippen molar-refractivity contribution >= 4 is 11.5 Å². The van der Waals surface area contributed by atoms with Gasteiger partial charge in [-0.2, -0.15) is 0 Å². The summed E-state index contributed by atoms with van der Waals surface area (Å²) in [7, 11) is 2.83. The maximum absolute atomic E-state index is 12.9. The van der Waals surface area contributed by atoms with Gasteiger partial charge in [-0.05, 0) is 42.5 Å². The van der Waals surface area contributed by atoms with Crippen LogP contribution >= 0.6 is 0 Å². The molecule has 3 rings (SSSR count). The van der Waals surface area contributed by atoms with Crippen LogP contribution in [0.4, 0.5) is 0 Å². The first-order valence-electron chi connectivity index (χ1n) is 7.28. The first-order chi connectivity index (χ1) is 11.7. The number of hydrogen-bond donors (Lipinski definition) is 0.